The molecule has 0 atom stereocenters. The van der Waals surface area contributed by atoms with Crippen molar-refractivity contribution < 1.29 is 14.3 Å². The molecule has 0 radical (unpaired) electrons. The lowest BCUT2D eigenvalue weighted by Crippen LogP contribution is -2.41. The summed E-state index contributed by atoms with van der Waals surface area (Å²) < 4.78 is 6.38. The number of amides is 2. The van der Waals surface area contributed by atoms with Crippen molar-refractivity contribution in [2.75, 3.05) is 6.61 Å². The van der Waals surface area contributed by atoms with E-state index in [1.54, 1.807) is 18.2 Å². The van der Waals surface area contributed by atoms with E-state index < -0.39 is 11.8 Å². The molecule has 2 aromatic rings. The molecule has 2 aromatic carbocycles. The maximum atomic E-state index is 12.5. The number of hydrogen-bond donors (Lipinski definition) is 2. The topological polar surface area (TPSA) is 67.4 Å². The first kappa shape index (κ1) is 20.6. The largest absolute Gasteiger partial charge is 0.492 e. The third-order valence-electron chi connectivity index (χ3n) is 3.22. The Morgan fingerprint density at radius 3 is 2.31 bits per heavy atom. The molecule has 0 aliphatic heterocycles. The van der Waals surface area contributed by atoms with Gasteiger partial charge in [0.25, 0.3) is 11.8 Å². The SMILES string of the molecule is CC(C)COc1ccc(Br)cc1C(=O)NNC(=O)c1ccc(Cl)cc1Cl. The minimum absolute atomic E-state index is 0.188. The molecule has 0 saturated carbocycles. The van der Waals surface area contributed by atoms with Crippen LogP contribution in [0.4, 0.5) is 0 Å². The fourth-order valence-electron chi connectivity index (χ4n) is 1.98. The quantitative estimate of drug-likeness (QED) is 0.627. The van der Waals surface area contributed by atoms with Gasteiger partial charge in [0.2, 0.25) is 0 Å². The fraction of sp³-hybridized carbons (Fsp3) is 0.222. The van der Waals surface area contributed by atoms with Crippen LogP contribution in [-0.4, -0.2) is 18.4 Å². The van der Waals surface area contributed by atoms with E-state index in [0.717, 1.165) is 0 Å². The van der Waals surface area contributed by atoms with Gasteiger partial charge in [0.05, 0.1) is 22.8 Å². The summed E-state index contributed by atoms with van der Waals surface area (Å²) in [7, 11) is 0. The van der Waals surface area contributed by atoms with Gasteiger partial charge in [0.15, 0.2) is 0 Å². The maximum Gasteiger partial charge on any atom is 0.273 e. The Hall–Kier alpha value is -1.76. The minimum Gasteiger partial charge on any atom is -0.492 e. The van der Waals surface area contributed by atoms with E-state index in [1.165, 1.54) is 18.2 Å². The molecule has 8 heteroatoms. The van der Waals surface area contributed by atoms with Crippen molar-refractivity contribution in [3.63, 3.8) is 0 Å². The molecule has 0 aliphatic carbocycles. The maximum absolute atomic E-state index is 12.5. The summed E-state index contributed by atoms with van der Waals surface area (Å²) in [5.41, 5.74) is 5.19. The number of nitrogens with one attached hydrogen (secondary N) is 2. The number of carbonyl (C=O) groups is 2. The zero-order valence-electron chi connectivity index (χ0n) is 14.1. The second-order valence-corrected chi connectivity index (χ2v) is 7.64. The van der Waals surface area contributed by atoms with Gasteiger partial charge >= 0.3 is 0 Å². The molecule has 2 amide bonds. The number of carbonyl (C=O) groups excluding carboxylic acids is 2. The van der Waals surface area contributed by atoms with Crippen LogP contribution in [0.2, 0.25) is 10.0 Å². The van der Waals surface area contributed by atoms with Gasteiger partial charge in [0.1, 0.15) is 5.75 Å². The zero-order valence-corrected chi connectivity index (χ0v) is 17.2. The number of hydrazine groups is 1. The predicted molar refractivity (Wildman–Crippen MR) is 106 cm³/mol. The molecular formula is C18H17BrCl2N2O3. The Morgan fingerprint density at radius 2 is 1.69 bits per heavy atom. The van der Waals surface area contributed by atoms with Gasteiger partial charge < -0.3 is 4.74 Å². The Balaban J connectivity index is 2.09. The monoisotopic (exact) mass is 458 g/mol. The first-order valence-electron chi connectivity index (χ1n) is 7.76. The average molecular weight is 460 g/mol. The van der Waals surface area contributed by atoms with E-state index in [-0.39, 0.29) is 10.6 Å². The van der Waals surface area contributed by atoms with Gasteiger partial charge in [-0.1, -0.05) is 53.0 Å². The van der Waals surface area contributed by atoms with Crippen LogP contribution >= 0.6 is 39.1 Å². The van der Waals surface area contributed by atoms with Crippen molar-refractivity contribution in [2.45, 2.75) is 13.8 Å². The molecule has 138 valence electrons. The molecule has 0 aliphatic rings. The summed E-state index contributed by atoms with van der Waals surface area (Å²) in [6, 6.07) is 9.55. The molecule has 5 nitrogen and oxygen atoms in total. The number of ether oxygens (including phenoxy) is 1. The van der Waals surface area contributed by atoms with Crippen LogP contribution in [0.25, 0.3) is 0 Å². The highest BCUT2D eigenvalue weighted by Gasteiger charge is 2.16. The first-order chi connectivity index (χ1) is 12.3. The van der Waals surface area contributed by atoms with Crippen LogP contribution in [0.3, 0.4) is 0 Å². The Kier molecular flexibility index (Phi) is 7.32. The molecule has 0 saturated heterocycles. The summed E-state index contributed by atoms with van der Waals surface area (Å²) in [6.45, 7) is 4.48. The number of halogens is 3. The van der Waals surface area contributed by atoms with Crippen LogP contribution < -0.4 is 15.6 Å². The van der Waals surface area contributed by atoms with Crippen molar-refractivity contribution in [3.05, 3.63) is 62.0 Å². The van der Waals surface area contributed by atoms with Crippen LogP contribution in [0.15, 0.2) is 40.9 Å². The number of benzene rings is 2. The summed E-state index contributed by atoms with van der Waals surface area (Å²) in [5.74, 6) is -0.331. The number of hydrogen-bond acceptors (Lipinski definition) is 3. The molecule has 0 fully saturated rings. The molecule has 0 spiro atoms. The molecule has 0 aromatic heterocycles. The van der Waals surface area contributed by atoms with Gasteiger partial charge in [-0.2, -0.15) is 0 Å². The normalized spacial score (nSPS) is 10.5. The highest BCUT2D eigenvalue weighted by Crippen LogP contribution is 2.24. The fourth-order valence-corrected chi connectivity index (χ4v) is 2.84. The van der Waals surface area contributed by atoms with E-state index in [2.05, 4.69) is 26.8 Å². The third kappa shape index (κ3) is 5.62. The second kappa shape index (κ2) is 9.26. The van der Waals surface area contributed by atoms with Crippen molar-refractivity contribution in [1.29, 1.82) is 0 Å². The summed E-state index contributed by atoms with van der Waals surface area (Å²) >= 11 is 15.1. The van der Waals surface area contributed by atoms with E-state index in [4.69, 9.17) is 27.9 Å². The van der Waals surface area contributed by atoms with E-state index in [9.17, 15) is 9.59 Å². The lowest BCUT2D eigenvalue weighted by atomic mass is 10.2. The van der Waals surface area contributed by atoms with Crippen LogP contribution in [0.1, 0.15) is 34.6 Å². The molecule has 0 heterocycles. The van der Waals surface area contributed by atoms with E-state index in [1.807, 2.05) is 13.8 Å². The minimum atomic E-state index is -0.556. The third-order valence-corrected chi connectivity index (χ3v) is 4.26. The summed E-state index contributed by atoms with van der Waals surface area (Å²) in [4.78, 5) is 24.6. The van der Waals surface area contributed by atoms with E-state index in [0.29, 0.717) is 33.3 Å². The Bertz CT molecular complexity index is 828. The van der Waals surface area contributed by atoms with Gasteiger partial charge in [0, 0.05) is 9.50 Å². The smallest absolute Gasteiger partial charge is 0.273 e. The molecule has 2 rings (SSSR count). The van der Waals surface area contributed by atoms with Crippen molar-refractivity contribution in [1.82, 2.24) is 10.9 Å². The molecule has 0 unspecified atom stereocenters. The van der Waals surface area contributed by atoms with Crippen LogP contribution in [-0.2, 0) is 0 Å². The van der Waals surface area contributed by atoms with Gasteiger partial charge in [-0.3, -0.25) is 20.4 Å². The molecule has 26 heavy (non-hydrogen) atoms. The average Bonchev–Trinajstić information content (AvgIpc) is 2.58. The van der Waals surface area contributed by atoms with Crippen LogP contribution in [0, 0.1) is 5.92 Å². The standard InChI is InChI=1S/C18H17BrCl2N2O3/c1-10(2)9-26-16-6-3-11(19)7-14(16)18(25)23-22-17(24)13-5-4-12(20)8-15(13)21/h3-8,10H,9H2,1-2H3,(H,22,24)(H,23,25). The van der Waals surface area contributed by atoms with E-state index >= 15 is 0 Å². The highest BCUT2D eigenvalue weighted by molar-refractivity contribution is 9.10. The highest BCUT2D eigenvalue weighted by atomic mass is 79.9. The molecular weight excluding hydrogens is 443 g/mol. The second-order valence-electron chi connectivity index (χ2n) is 5.88. The molecule has 0 bridgehead atoms. The first-order valence-corrected chi connectivity index (χ1v) is 9.31. The lowest BCUT2D eigenvalue weighted by Gasteiger charge is -2.14. The van der Waals surface area contributed by atoms with Crippen molar-refractivity contribution in [2.24, 2.45) is 5.92 Å². The summed E-state index contributed by atoms with van der Waals surface area (Å²) in [6.07, 6.45) is 0. The summed E-state index contributed by atoms with van der Waals surface area (Å²) in [5, 5.41) is 0.601. The lowest BCUT2D eigenvalue weighted by molar-refractivity contribution is 0.0844. The van der Waals surface area contributed by atoms with Crippen molar-refractivity contribution >= 4 is 50.9 Å². The Morgan fingerprint density at radius 1 is 1.04 bits per heavy atom. The predicted octanol–water partition coefficient (Wildman–Crippen LogP) is 4.87. The Labute approximate surface area is 170 Å². The van der Waals surface area contributed by atoms with Crippen LogP contribution in [0.5, 0.6) is 5.75 Å². The number of rotatable bonds is 5. The van der Waals surface area contributed by atoms with Gasteiger partial charge in [-0.05, 0) is 42.3 Å². The van der Waals surface area contributed by atoms with Crippen molar-refractivity contribution in [3.8, 4) is 5.75 Å². The zero-order chi connectivity index (χ0) is 19.3. The molecule has 2 N–H and O–H groups in total. The van der Waals surface area contributed by atoms with Gasteiger partial charge in [-0.15, -0.1) is 0 Å². The van der Waals surface area contributed by atoms with Gasteiger partial charge in [-0.25, -0.2) is 0 Å².